The third-order valence-corrected chi connectivity index (χ3v) is 1.41. The average molecular weight is 148 g/mol. The molecule has 0 amide bonds. The van der Waals surface area contributed by atoms with Crippen LogP contribution in [0.5, 0.6) is 0 Å². The fourth-order valence-electron chi connectivity index (χ4n) is 0.526. The second-order valence-corrected chi connectivity index (χ2v) is 2.42. The van der Waals surface area contributed by atoms with Gasteiger partial charge in [-0.15, -0.1) is 0 Å². The molecule has 0 aromatic carbocycles. The van der Waals surface area contributed by atoms with E-state index in [1.54, 1.807) is 0 Å². The van der Waals surface area contributed by atoms with Gasteiger partial charge in [0.05, 0.1) is 0 Å². The highest BCUT2D eigenvalue weighted by atomic mass is 32.1. The maximum atomic E-state index is 8.39. The van der Waals surface area contributed by atoms with Crippen LogP contribution in [0.3, 0.4) is 0 Å². The first-order chi connectivity index (χ1) is 4.31. The summed E-state index contributed by atoms with van der Waals surface area (Å²) in [7, 11) is 0. The maximum Gasteiger partial charge on any atom is 0.0476 e. The van der Waals surface area contributed by atoms with Crippen LogP contribution in [0.4, 0.5) is 0 Å². The second kappa shape index (κ2) is 6.13. The first kappa shape index (κ1) is 9.01. The van der Waals surface area contributed by atoms with Crippen LogP contribution in [0.25, 0.3) is 0 Å². The van der Waals surface area contributed by atoms with E-state index in [2.05, 4.69) is 0 Å². The van der Waals surface area contributed by atoms with Crippen molar-refractivity contribution in [1.82, 2.24) is 0 Å². The van der Waals surface area contributed by atoms with Crippen molar-refractivity contribution in [2.45, 2.75) is 19.3 Å². The number of thiocarbonyl (C=S) groups is 1. The van der Waals surface area contributed by atoms with Crippen LogP contribution in [0.15, 0.2) is 0 Å². The summed E-state index contributed by atoms with van der Waals surface area (Å²) < 4.78 is 0. The summed E-state index contributed by atoms with van der Waals surface area (Å²) in [6.45, 7) is 0.315. The summed E-state index contributed by atoms with van der Waals surface area (Å²) in [5, 5.41) is 16.7. The Labute approximate surface area is 60.5 Å². The molecule has 2 nitrogen and oxygen atoms in total. The summed E-state index contributed by atoms with van der Waals surface area (Å²) in [6, 6.07) is 0. The topological polar surface area (TPSA) is 40.5 Å². The van der Waals surface area contributed by atoms with E-state index in [0.717, 1.165) is 17.7 Å². The van der Waals surface area contributed by atoms with Crippen LogP contribution >= 0.6 is 12.2 Å². The van der Waals surface area contributed by atoms with Gasteiger partial charge in [-0.1, -0.05) is 12.2 Å². The summed E-state index contributed by atoms with van der Waals surface area (Å²) in [4.78, 5) is 0.853. The van der Waals surface area contributed by atoms with Gasteiger partial charge in [0.2, 0.25) is 0 Å². The Morgan fingerprint density at radius 3 is 2.22 bits per heavy atom. The summed E-state index contributed by atoms with van der Waals surface area (Å²) in [5.74, 6) is 0. The van der Waals surface area contributed by atoms with Gasteiger partial charge in [0.1, 0.15) is 0 Å². The van der Waals surface area contributed by atoms with E-state index in [-0.39, 0.29) is 13.2 Å². The molecule has 0 aliphatic heterocycles. The molecular weight excluding hydrogens is 136 g/mol. The van der Waals surface area contributed by atoms with Crippen LogP contribution in [-0.2, 0) is 0 Å². The largest absolute Gasteiger partial charge is 0.396 e. The Morgan fingerprint density at radius 2 is 1.78 bits per heavy atom. The molecule has 0 aliphatic rings. The number of aliphatic hydroxyl groups is 2. The quantitative estimate of drug-likeness (QED) is 0.558. The molecule has 0 heterocycles. The maximum absolute atomic E-state index is 8.39. The van der Waals surface area contributed by atoms with E-state index in [1.807, 2.05) is 0 Å². The molecule has 0 bridgehead atoms. The van der Waals surface area contributed by atoms with Crippen molar-refractivity contribution in [3.63, 3.8) is 0 Å². The Balaban J connectivity index is 3.06. The minimum atomic E-state index is 0.129. The van der Waals surface area contributed by atoms with E-state index in [0.29, 0.717) is 6.42 Å². The zero-order chi connectivity index (χ0) is 7.11. The smallest absolute Gasteiger partial charge is 0.0476 e. The molecule has 0 aromatic rings. The number of hydrogen-bond acceptors (Lipinski definition) is 3. The van der Waals surface area contributed by atoms with Crippen molar-refractivity contribution < 1.29 is 10.2 Å². The molecule has 3 heteroatoms. The van der Waals surface area contributed by atoms with Gasteiger partial charge in [0, 0.05) is 19.6 Å². The van der Waals surface area contributed by atoms with Crippen LogP contribution < -0.4 is 0 Å². The lowest BCUT2D eigenvalue weighted by atomic mass is 10.2. The monoisotopic (exact) mass is 148 g/mol. The normalized spacial score (nSPS) is 9.56. The zero-order valence-electron chi connectivity index (χ0n) is 5.34. The van der Waals surface area contributed by atoms with E-state index >= 15 is 0 Å². The van der Waals surface area contributed by atoms with Crippen LogP contribution in [0.2, 0.25) is 0 Å². The van der Waals surface area contributed by atoms with Crippen LogP contribution in [-0.4, -0.2) is 28.3 Å². The van der Waals surface area contributed by atoms with E-state index < -0.39 is 0 Å². The molecule has 0 saturated heterocycles. The number of aliphatic hydroxyl groups excluding tert-OH is 2. The summed E-state index contributed by atoms with van der Waals surface area (Å²) >= 11 is 4.85. The third kappa shape index (κ3) is 5.89. The molecule has 0 atom stereocenters. The highest BCUT2D eigenvalue weighted by Crippen LogP contribution is 1.95. The van der Waals surface area contributed by atoms with Crippen LogP contribution in [0, 0.1) is 0 Å². The molecule has 0 rings (SSSR count). The van der Waals surface area contributed by atoms with Crippen molar-refractivity contribution in [3.8, 4) is 0 Å². The molecule has 0 spiro atoms. The second-order valence-electron chi connectivity index (χ2n) is 1.84. The summed E-state index contributed by atoms with van der Waals surface area (Å²) in [6.07, 6.45) is 2.07. The molecule has 0 aromatic heterocycles. The van der Waals surface area contributed by atoms with E-state index in [4.69, 9.17) is 22.4 Å². The van der Waals surface area contributed by atoms with Crippen molar-refractivity contribution in [3.05, 3.63) is 0 Å². The lowest BCUT2D eigenvalue weighted by molar-refractivity contribution is 0.289. The molecule has 0 fully saturated rings. The van der Waals surface area contributed by atoms with Crippen molar-refractivity contribution in [1.29, 1.82) is 0 Å². The van der Waals surface area contributed by atoms with Crippen LogP contribution in [0.1, 0.15) is 19.3 Å². The Hall–Kier alpha value is 0.01000. The SMILES string of the molecule is OCCCC(=S)CCO. The van der Waals surface area contributed by atoms with Crippen molar-refractivity contribution in [2.24, 2.45) is 0 Å². The molecule has 0 radical (unpaired) electrons. The zero-order valence-corrected chi connectivity index (χ0v) is 6.15. The van der Waals surface area contributed by atoms with E-state index in [9.17, 15) is 0 Å². The van der Waals surface area contributed by atoms with Gasteiger partial charge in [-0.25, -0.2) is 0 Å². The number of hydrogen-bond donors (Lipinski definition) is 2. The molecule has 9 heavy (non-hydrogen) atoms. The van der Waals surface area contributed by atoms with Gasteiger partial charge in [-0.05, 0) is 17.7 Å². The fraction of sp³-hybridized carbons (Fsp3) is 0.833. The van der Waals surface area contributed by atoms with E-state index in [1.165, 1.54) is 0 Å². The average Bonchev–Trinajstić information content (AvgIpc) is 1.85. The predicted octanol–water partition coefficient (Wildman–Crippen LogP) is 0.511. The third-order valence-electron chi connectivity index (χ3n) is 1.00. The van der Waals surface area contributed by atoms with Gasteiger partial charge in [-0.3, -0.25) is 0 Å². The highest BCUT2D eigenvalue weighted by molar-refractivity contribution is 7.80. The Morgan fingerprint density at radius 1 is 1.11 bits per heavy atom. The summed E-state index contributed by atoms with van der Waals surface area (Å²) in [5.41, 5.74) is 0. The van der Waals surface area contributed by atoms with Gasteiger partial charge >= 0.3 is 0 Å². The van der Waals surface area contributed by atoms with Crippen molar-refractivity contribution in [2.75, 3.05) is 13.2 Å². The molecule has 2 N–H and O–H groups in total. The Kier molecular flexibility index (Phi) is 6.14. The molecule has 0 aliphatic carbocycles. The Bertz CT molecular complexity index is 83.1. The first-order valence-corrected chi connectivity index (χ1v) is 3.45. The lowest BCUT2D eigenvalue weighted by Gasteiger charge is -1.97. The predicted molar refractivity (Wildman–Crippen MR) is 40.6 cm³/mol. The van der Waals surface area contributed by atoms with Gasteiger partial charge in [0.25, 0.3) is 0 Å². The number of rotatable bonds is 5. The minimum absolute atomic E-state index is 0.129. The molecule has 0 saturated carbocycles. The first-order valence-electron chi connectivity index (χ1n) is 3.04. The molecule has 0 unspecified atom stereocenters. The van der Waals surface area contributed by atoms with Gasteiger partial charge in [0.15, 0.2) is 0 Å². The minimum Gasteiger partial charge on any atom is -0.396 e. The van der Waals surface area contributed by atoms with Gasteiger partial charge < -0.3 is 10.2 Å². The standard InChI is InChI=1S/C6H12O2S/c7-4-1-2-6(9)3-5-8/h7-8H,1-5H2. The van der Waals surface area contributed by atoms with Gasteiger partial charge in [-0.2, -0.15) is 0 Å². The highest BCUT2D eigenvalue weighted by Gasteiger charge is 1.93. The lowest BCUT2D eigenvalue weighted by Crippen LogP contribution is -1.98. The fourth-order valence-corrected chi connectivity index (χ4v) is 0.762. The molecular formula is C6H12O2S. The molecule has 54 valence electrons. The van der Waals surface area contributed by atoms with Crippen molar-refractivity contribution >= 4 is 17.1 Å².